The maximum absolute atomic E-state index is 12.6. The van der Waals surface area contributed by atoms with Gasteiger partial charge in [-0.15, -0.1) is 0 Å². The summed E-state index contributed by atoms with van der Waals surface area (Å²) in [4.78, 5) is 14.2. The van der Waals surface area contributed by atoms with Crippen molar-refractivity contribution in [2.75, 3.05) is 18.1 Å². The third kappa shape index (κ3) is 5.09. The largest absolute Gasteiger partial charge is 0.484 e. The predicted molar refractivity (Wildman–Crippen MR) is 95.2 cm³/mol. The van der Waals surface area contributed by atoms with Crippen molar-refractivity contribution in [1.82, 2.24) is 0 Å². The average Bonchev–Trinajstić information content (AvgIpc) is 2.60. The molecule has 25 heavy (non-hydrogen) atoms. The van der Waals surface area contributed by atoms with E-state index in [1.54, 1.807) is 29.2 Å². The number of nitriles is 2. The van der Waals surface area contributed by atoms with E-state index in [4.69, 9.17) is 15.3 Å². The minimum Gasteiger partial charge on any atom is -0.484 e. The van der Waals surface area contributed by atoms with E-state index in [-0.39, 0.29) is 18.9 Å². The van der Waals surface area contributed by atoms with Gasteiger partial charge in [0.15, 0.2) is 6.61 Å². The number of aryl methyl sites for hydroxylation is 2. The molecule has 0 saturated carbocycles. The fraction of sp³-hybridized carbons (Fsp3) is 0.250. The van der Waals surface area contributed by atoms with Gasteiger partial charge in [0.2, 0.25) is 0 Å². The molecular formula is C20H19N3O2. The zero-order chi connectivity index (χ0) is 18.2. The Balaban J connectivity index is 2.12. The number of hydrogen-bond acceptors (Lipinski definition) is 4. The van der Waals surface area contributed by atoms with Crippen LogP contribution < -0.4 is 9.64 Å². The fourth-order valence-corrected chi connectivity index (χ4v) is 2.51. The van der Waals surface area contributed by atoms with Crippen LogP contribution in [-0.4, -0.2) is 19.1 Å². The van der Waals surface area contributed by atoms with Crippen molar-refractivity contribution in [3.63, 3.8) is 0 Å². The van der Waals surface area contributed by atoms with Gasteiger partial charge in [0.1, 0.15) is 5.75 Å². The second-order valence-corrected chi connectivity index (χ2v) is 5.72. The topological polar surface area (TPSA) is 77.1 Å². The Kier molecular flexibility index (Phi) is 6.14. The second-order valence-electron chi connectivity index (χ2n) is 5.72. The summed E-state index contributed by atoms with van der Waals surface area (Å²) >= 11 is 0. The number of carbonyl (C=O) groups excluding carboxylic acids is 1. The van der Waals surface area contributed by atoms with Crippen LogP contribution >= 0.6 is 0 Å². The molecule has 5 heteroatoms. The van der Waals surface area contributed by atoms with E-state index in [1.165, 1.54) is 0 Å². The number of anilines is 1. The lowest BCUT2D eigenvalue weighted by Crippen LogP contribution is -2.35. The highest BCUT2D eigenvalue weighted by Crippen LogP contribution is 2.20. The Labute approximate surface area is 147 Å². The lowest BCUT2D eigenvalue weighted by molar-refractivity contribution is -0.120. The van der Waals surface area contributed by atoms with Crippen molar-refractivity contribution in [3.8, 4) is 17.9 Å². The minimum absolute atomic E-state index is 0.135. The number of amides is 1. The Morgan fingerprint density at radius 2 is 1.72 bits per heavy atom. The van der Waals surface area contributed by atoms with E-state index in [2.05, 4.69) is 6.07 Å². The molecule has 0 bridgehead atoms. The molecule has 0 aliphatic heterocycles. The fourth-order valence-electron chi connectivity index (χ4n) is 2.51. The van der Waals surface area contributed by atoms with Gasteiger partial charge in [-0.1, -0.05) is 6.07 Å². The molecule has 2 aromatic carbocycles. The Bertz CT molecular complexity index is 809. The molecule has 0 radical (unpaired) electrons. The summed E-state index contributed by atoms with van der Waals surface area (Å²) < 4.78 is 5.53. The van der Waals surface area contributed by atoms with Gasteiger partial charge in [0, 0.05) is 12.2 Å². The zero-order valence-corrected chi connectivity index (χ0v) is 14.3. The summed E-state index contributed by atoms with van der Waals surface area (Å²) in [6.07, 6.45) is 0.246. The molecule has 1 amide bonds. The number of nitrogens with zero attached hydrogens (tertiary/aromatic N) is 3. The maximum Gasteiger partial charge on any atom is 0.264 e. The minimum atomic E-state index is -0.218. The van der Waals surface area contributed by atoms with E-state index >= 15 is 0 Å². The highest BCUT2D eigenvalue weighted by Gasteiger charge is 2.17. The summed E-state index contributed by atoms with van der Waals surface area (Å²) in [7, 11) is 0. The van der Waals surface area contributed by atoms with Gasteiger partial charge >= 0.3 is 0 Å². The molecule has 0 unspecified atom stereocenters. The molecule has 0 N–H and O–H groups in total. The van der Waals surface area contributed by atoms with Gasteiger partial charge in [-0.2, -0.15) is 10.5 Å². The summed E-state index contributed by atoms with van der Waals surface area (Å²) in [6, 6.07) is 16.6. The summed E-state index contributed by atoms with van der Waals surface area (Å²) in [5, 5.41) is 17.7. The standard InChI is InChI=1S/C20H19N3O2/c1-15-10-16(2)12-18(11-15)23(9-3-8-21)20(24)14-25-19-6-4-17(13-22)5-7-19/h4-7,10-12H,3,9,14H2,1-2H3. The van der Waals surface area contributed by atoms with Crippen LogP contribution in [0.5, 0.6) is 5.75 Å². The van der Waals surface area contributed by atoms with Crippen LogP contribution in [0.3, 0.4) is 0 Å². The van der Waals surface area contributed by atoms with Crippen molar-refractivity contribution >= 4 is 11.6 Å². The maximum atomic E-state index is 12.6. The molecule has 0 aliphatic rings. The van der Waals surface area contributed by atoms with Crippen molar-refractivity contribution < 1.29 is 9.53 Å². The van der Waals surface area contributed by atoms with E-state index in [9.17, 15) is 4.79 Å². The Hall–Kier alpha value is -3.31. The Morgan fingerprint density at radius 3 is 2.28 bits per heavy atom. The van der Waals surface area contributed by atoms with Crippen LogP contribution in [0.2, 0.25) is 0 Å². The molecule has 5 nitrogen and oxygen atoms in total. The first-order valence-corrected chi connectivity index (χ1v) is 7.92. The third-order valence-corrected chi connectivity index (χ3v) is 3.61. The molecule has 0 aromatic heterocycles. The first kappa shape index (κ1) is 18.0. The normalized spacial score (nSPS) is 9.76. The monoisotopic (exact) mass is 333 g/mol. The van der Waals surface area contributed by atoms with E-state index in [0.29, 0.717) is 17.9 Å². The van der Waals surface area contributed by atoms with Gasteiger partial charge in [0.05, 0.1) is 24.1 Å². The van der Waals surface area contributed by atoms with Crippen LogP contribution in [0.15, 0.2) is 42.5 Å². The van der Waals surface area contributed by atoms with Crippen LogP contribution in [0.4, 0.5) is 5.69 Å². The zero-order valence-electron chi connectivity index (χ0n) is 14.3. The van der Waals surface area contributed by atoms with Gasteiger partial charge in [-0.3, -0.25) is 4.79 Å². The van der Waals surface area contributed by atoms with Crippen molar-refractivity contribution in [3.05, 3.63) is 59.2 Å². The first-order chi connectivity index (χ1) is 12.0. The predicted octanol–water partition coefficient (Wildman–Crippen LogP) is 3.50. The average molecular weight is 333 g/mol. The van der Waals surface area contributed by atoms with Crippen LogP contribution in [-0.2, 0) is 4.79 Å². The summed E-state index contributed by atoms with van der Waals surface area (Å²) in [5.41, 5.74) is 3.40. The number of hydrogen-bond donors (Lipinski definition) is 0. The molecule has 0 saturated heterocycles. The first-order valence-electron chi connectivity index (χ1n) is 7.92. The second kappa shape index (κ2) is 8.52. The molecule has 0 aliphatic carbocycles. The smallest absolute Gasteiger partial charge is 0.264 e. The van der Waals surface area contributed by atoms with Crippen molar-refractivity contribution in [2.45, 2.75) is 20.3 Å². The van der Waals surface area contributed by atoms with E-state index < -0.39 is 0 Å². The molecule has 2 aromatic rings. The van der Waals surface area contributed by atoms with Crippen molar-refractivity contribution in [1.29, 1.82) is 10.5 Å². The molecule has 0 fully saturated rings. The van der Waals surface area contributed by atoms with E-state index in [1.807, 2.05) is 38.1 Å². The van der Waals surface area contributed by atoms with E-state index in [0.717, 1.165) is 16.8 Å². The molecular weight excluding hydrogens is 314 g/mol. The Morgan fingerprint density at radius 1 is 1.08 bits per heavy atom. The summed E-state index contributed by atoms with van der Waals surface area (Å²) in [5.74, 6) is 0.303. The lowest BCUT2D eigenvalue weighted by Gasteiger charge is -2.23. The number of benzene rings is 2. The highest BCUT2D eigenvalue weighted by molar-refractivity contribution is 5.94. The number of ether oxygens (including phenoxy) is 1. The van der Waals surface area contributed by atoms with Crippen LogP contribution in [0.1, 0.15) is 23.1 Å². The lowest BCUT2D eigenvalue weighted by atomic mass is 10.1. The third-order valence-electron chi connectivity index (χ3n) is 3.61. The summed E-state index contributed by atoms with van der Waals surface area (Å²) in [6.45, 7) is 4.12. The van der Waals surface area contributed by atoms with Gasteiger partial charge < -0.3 is 9.64 Å². The van der Waals surface area contributed by atoms with Gasteiger partial charge in [0.25, 0.3) is 5.91 Å². The van der Waals surface area contributed by atoms with Crippen molar-refractivity contribution in [2.24, 2.45) is 0 Å². The molecule has 0 atom stereocenters. The quantitative estimate of drug-likeness (QED) is 0.810. The SMILES string of the molecule is Cc1cc(C)cc(N(CCC#N)C(=O)COc2ccc(C#N)cc2)c1. The van der Waals surface area contributed by atoms with Gasteiger partial charge in [-0.25, -0.2) is 0 Å². The number of rotatable bonds is 6. The van der Waals surface area contributed by atoms with Crippen LogP contribution in [0, 0.1) is 36.5 Å². The molecule has 0 heterocycles. The highest BCUT2D eigenvalue weighted by atomic mass is 16.5. The van der Waals surface area contributed by atoms with Crippen LogP contribution in [0.25, 0.3) is 0 Å². The molecule has 0 spiro atoms. The molecule has 126 valence electrons. The molecule has 2 rings (SSSR count). The van der Waals surface area contributed by atoms with Gasteiger partial charge in [-0.05, 0) is 61.4 Å². The number of carbonyl (C=O) groups is 1.